The van der Waals surface area contributed by atoms with Crippen molar-refractivity contribution in [1.82, 2.24) is 15.1 Å². The molecule has 1 aliphatic carbocycles. The third-order valence-electron chi connectivity index (χ3n) is 5.61. The molecule has 0 aromatic rings. The van der Waals surface area contributed by atoms with E-state index >= 15 is 0 Å². The van der Waals surface area contributed by atoms with E-state index in [2.05, 4.69) is 22.0 Å². The number of piperidine rings is 1. The molecule has 0 unspecified atom stereocenters. The van der Waals surface area contributed by atoms with Gasteiger partial charge in [-0.1, -0.05) is 12.8 Å². The third kappa shape index (κ3) is 3.71. The number of nitrogens with zero attached hydrogens (tertiary/aromatic N) is 3. The van der Waals surface area contributed by atoms with Gasteiger partial charge >= 0.3 is 0 Å². The molecule has 0 amide bonds. The number of aliphatic imine (C=N–C) groups is 1. The Morgan fingerprint density at radius 1 is 1.05 bits per heavy atom. The molecule has 2 aliphatic heterocycles. The van der Waals surface area contributed by atoms with Crippen LogP contribution in [0.1, 0.15) is 51.9 Å². The van der Waals surface area contributed by atoms with Crippen molar-refractivity contribution in [1.29, 1.82) is 0 Å². The van der Waals surface area contributed by atoms with Gasteiger partial charge in [0.25, 0.3) is 0 Å². The van der Waals surface area contributed by atoms with Gasteiger partial charge in [0.15, 0.2) is 5.96 Å². The zero-order chi connectivity index (χ0) is 14.5. The summed E-state index contributed by atoms with van der Waals surface area (Å²) in [7, 11) is 0. The van der Waals surface area contributed by atoms with Crippen LogP contribution in [0.4, 0.5) is 0 Å². The Hall–Kier alpha value is -0.770. The third-order valence-corrected chi connectivity index (χ3v) is 5.61. The molecular formula is C17H32N4. The molecule has 0 radical (unpaired) electrons. The second-order valence-electron chi connectivity index (χ2n) is 7.16. The van der Waals surface area contributed by atoms with Crippen LogP contribution in [0.25, 0.3) is 0 Å². The molecule has 0 atom stereocenters. The van der Waals surface area contributed by atoms with Crippen molar-refractivity contribution in [3.05, 3.63) is 0 Å². The Labute approximate surface area is 130 Å². The van der Waals surface area contributed by atoms with Gasteiger partial charge in [0.05, 0.1) is 6.54 Å². The Morgan fingerprint density at radius 3 is 2.48 bits per heavy atom. The molecule has 4 heteroatoms. The number of nitrogens with one attached hydrogen (secondary N) is 1. The quantitative estimate of drug-likeness (QED) is 0.637. The molecule has 4 nitrogen and oxygen atoms in total. The first-order valence-electron chi connectivity index (χ1n) is 9.07. The van der Waals surface area contributed by atoms with Crippen molar-refractivity contribution in [3.8, 4) is 0 Å². The summed E-state index contributed by atoms with van der Waals surface area (Å²) in [6.07, 6.45) is 9.86. The van der Waals surface area contributed by atoms with Crippen molar-refractivity contribution in [2.45, 2.75) is 51.9 Å². The summed E-state index contributed by atoms with van der Waals surface area (Å²) in [5.74, 6) is 1.17. The van der Waals surface area contributed by atoms with Crippen LogP contribution in [0.2, 0.25) is 0 Å². The number of rotatable bonds is 4. The summed E-state index contributed by atoms with van der Waals surface area (Å²) in [4.78, 5) is 9.99. The van der Waals surface area contributed by atoms with Gasteiger partial charge in [0.2, 0.25) is 0 Å². The van der Waals surface area contributed by atoms with Gasteiger partial charge in [0.1, 0.15) is 0 Å². The van der Waals surface area contributed by atoms with Crippen molar-refractivity contribution >= 4 is 5.96 Å². The maximum absolute atomic E-state index is 4.90. The van der Waals surface area contributed by atoms with Gasteiger partial charge in [-0.25, -0.2) is 0 Å². The first-order valence-corrected chi connectivity index (χ1v) is 9.07. The van der Waals surface area contributed by atoms with E-state index in [1.54, 1.807) is 0 Å². The molecule has 1 spiro atoms. The molecule has 3 fully saturated rings. The highest BCUT2D eigenvalue weighted by Crippen LogP contribution is 2.47. The van der Waals surface area contributed by atoms with Gasteiger partial charge < -0.3 is 15.1 Å². The fraction of sp³-hybridized carbons (Fsp3) is 0.941. The number of hydrogen-bond acceptors (Lipinski definition) is 2. The smallest absolute Gasteiger partial charge is 0.193 e. The lowest BCUT2D eigenvalue weighted by molar-refractivity contribution is 0.151. The van der Waals surface area contributed by atoms with Gasteiger partial charge in [-0.2, -0.15) is 0 Å². The maximum atomic E-state index is 4.90. The van der Waals surface area contributed by atoms with Crippen molar-refractivity contribution in [2.75, 3.05) is 45.8 Å². The summed E-state index contributed by atoms with van der Waals surface area (Å²) >= 11 is 0. The van der Waals surface area contributed by atoms with Crippen LogP contribution in [0.3, 0.4) is 0 Å². The number of hydrogen-bond donors (Lipinski definition) is 1. The minimum atomic E-state index is 0.656. The zero-order valence-electron chi connectivity index (χ0n) is 13.7. The van der Waals surface area contributed by atoms with E-state index in [0.717, 1.165) is 19.6 Å². The normalized spacial score (nSPS) is 26.1. The Kier molecular flexibility index (Phi) is 5.04. The second kappa shape index (κ2) is 6.99. The van der Waals surface area contributed by atoms with Crippen LogP contribution < -0.4 is 5.32 Å². The van der Waals surface area contributed by atoms with Crippen LogP contribution in [0, 0.1) is 5.41 Å². The molecule has 2 saturated heterocycles. The van der Waals surface area contributed by atoms with E-state index in [4.69, 9.17) is 4.99 Å². The Balaban J connectivity index is 1.49. The minimum absolute atomic E-state index is 0.656. The molecule has 3 aliphatic rings. The van der Waals surface area contributed by atoms with E-state index in [0.29, 0.717) is 5.41 Å². The largest absolute Gasteiger partial charge is 0.357 e. The minimum Gasteiger partial charge on any atom is -0.357 e. The maximum Gasteiger partial charge on any atom is 0.193 e. The van der Waals surface area contributed by atoms with Crippen LogP contribution in [0.15, 0.2) is 4.99 Å². The highest BCUT2D eigenvalue weighted by molar-refractivity contribution is 5.80. The molecule has 0 bridgehead atoms. The Morgan fingerprint density at radius 2 is 1.86 bits per heavy atom. The van der Waals surface area contributed by atoms with Gasteiger partial charge in [-0.3, -0.25) is 4.99 Å². The van der Waals surface area contributed by atoms with Crippen LogP contribution in [-0.2, 0) is 0 Å². The van der Waals surface area contributed by atoms with Gasteiger partial charge in [-0.05, 0) is 57.5 Å². The molecule has 2 heterocycles. The molecule has 0 aromatic carbocycles. The van der Waals surface area contributed by atoms with Crippen molar-refractivity contribution < 1.29 is 0 Å². The van der Waals surface area contributed by atoms with Crippen LogP contribution in [-0.4, -0.2) is 61.6 Å². The standard InChI is InChI=1S/C17H32N4/c1-2-18-16(19-10-14-20-11-4-3-5-12-20)21-13-9-17(15-21)7-6-8-17/h2-15H2,1H3,(H,18,19). The van der Waals surface area contributed by atoms with Crippen molar-refractivity contribution in [3.63, 3.8) is 0 Å². The highest BCUT2D eigenvalue weighted by Gasteiger charge is 2.43. The monoisotopic (exact) mass is 292 g/mol. The van der Waals surface area contributed by atoms with Crippen LogP contribution >= 0.6 is 0 Å². The molecule has 3 rings (SSSR count). The summed E-state index contributed by atoms with van der Waals surface area (Å²) in [5, 5.41) is 3.51. The van der Waals surface area contributed by atoms with E-state index in [9.17, 15) is 0 Å². The van der Waals surface area contributed by atoms with Crippen LogP contribution in [0.5, 0.6) is 0 Å². The average Bonchev–Trinajstić information content (AvgIpc) is 2.93. The first-order chi connectivity index (χ1) is 10.3. The van der Waals surface area contributed by atoms with Gasteiger partial charge in [0, 0.05) is 26.2 Å². The lowest BCUT2D eigenvalue weighted by Gasteiger charge is -2.38. The lowest BCUT2D eigenvalue weighted by Crippen LogP contribution is -2.43. The molecule has 120 valence electrons. The van der Waals surface area contributed by atoms with Gasteiger partial charge in [-0.15, -0.1) is 0 Å². The average molecular weight is 292 g/mol. The molecule has 0 aromatic heterocycles. The Bertz CT molecular complexity index is 356. The first kappa shape index (κ1) is 15.1. The van der Waals surface area contributed by atoms with E-state index in [1.165, 1.54) is 77.1 Å². The van der Waals surface area contributed by atoms with Crippen molar-refractivity contribution in [2.24, 2.45) is 10.4 Å². The summed E-state index contributed by atoms with van der Waals surface area (Å²) in [6, 6.07) is 0. The molecule has 1 N–H and O–H groups in total. The topological polar surface area (TPSA) is 30.9 Å². The summed E-state index contributed by atoms with van der Waals surface area (Å²) in [6.45, 7) is 10.2. The van der Waals surface area contributed by atoms with E-state index < -0.39 is 0 Å². The fourth-order valence-electron chi connectivity index (χ4n) is 4.11. The lowest BCUT2D eigenvalue weighted by atomic mass is 9.68. The zero-order valence-corrected chi connectivity index (χ0v) is 13.7. The molecule has 21 heavy (non-hydrogen) atoms. The molecule has 1 saturated carbocycles. The SMILES string of the molecule is CCNC(=NCCN1CCCCC1)N1CCC2(CCC2)C1. The van der Waals surface area contributed by atoms with E-state index in [-0.39, 0.29) is 0 Å². The number of guanidine groups is 1. The second-order valence-corrected chi connectivity index (χ2v) is 7.16. The fourth-order valence-corrected chi connectivity index (χ4v) is 4.11. The predicted octanol–water partition coefficient (Wildman–Crippen LogP) is 2.31. The highest BCUT2D eigenvalue weighted by atomic mass is 15.3. The summed E-state index contributed by atoms with van der Waals surface area (Å²) < 4.78 is 0. The summed E-state index contributed by atoms with van der Waals surface area (Å²) in [5.41, 5.74) is 0.656. The number of likely N-dealkylation sites (tertiary alicyclic amines) is 2. The molecular weight excluding hydrogens is 260 g/mol. The predicted molar refractivity (Wildman–Crippen MR) is 88.7 cm³/mol. The van der Waals surface area contributed by atoms with E-state index in [1.807, 2.05) is 0 Å².